The molecule has 2 fully saturated rings. The quantitative estimate of drug-likeness (QED) is 0.773. The Morgan fingerprint density at radius 3 is 2.50 bits per heavy atom. The first-order chi connectivity index (χ1) is 8.73. The summed E-state index contributed by atoms with van der Waals surface area (Å²) < 4.78 is 0. The van der Waals surface area contributed by atoms with Crippen LogP contribution in [-0.4, -0.2) is 48.2 Å². The fraction of sp³-hybridized carbons (Fsp3) is 0.929. The zero-order valence-electron chi connectivity index (χ0n) is 11.5. The summed E-state index contributed by atoms with van der Waals surface area (Å²) >= 11 is 0. The second-order valence-corrected chi connectivity index (χ2v) is 5.69. The molecule has 1 amide bonds. The van der Waals surface area contributed by atoms with Gasteiger partial charge in [-0.25, -0.2) is 0 Å². The minimum absolute atomic E-state index is 0.0836. The molecule has 1 saturated carbocycles. The van der Waals surface area contributed by atoms with Gasteiger partial charge in [0.25, 0.3) is 0 Å². The van der Waals surface area contributed by atoms with Gasteiger partial charge in [-0.3, -0.25) is 4.79 Å². The topological polar surface area (TPSA) is 52.6 Å². The van der Waals surface area contributed by atoms with Crippen LogP contribution >= 0.6 is 0 Å². The van der Waals surface area contributed by atoms with Crippen molar-refractivity contribution < 1.29 is 9.90 Å². The summed E-state index contributed by atoms with van der Waals surface area (Å²) in [6.07, 6.45) is 6.25. The van der Waals surface area contributed by atoms with E-state index in [-0.39, 0.29) is 12.0 Å². The average molecular weight is 254 g/mol. The third kappa shape index (κ3) is 2.54. The van der Waals surface area contributed by atoms with Gasteiger partial charge < -0.3 is 15.3 Å². The average Bonchev–Trinajstić information content (AvgIpc) is 2.36. The second kappa shape index (κ2) is 6.02. The standard InChI is InChI=1S/C14H26N2O2/c1-2-14(6-8-15-9-7-14)13(18)16(10-11-17)12-4-3-5-12/h12,15,17H,2-11H2,1H3. The highest BCUT2D eigenvalue weighted by molar-refractivity contribution is 5.83. The maximum atomic E-state index is 12.9. The van der Waals surface area contributed by atoms with Crippen molar-refractivity contribution in [1.29, 1.82) is 0 Å². The van der Waals surface area contributed by atoms with Crippen LogP contribution in [0, 0.1) is 5.41 Å². The molecular formula is C14H26N2O2. The zero-order chi connectivity index (χ0) is 13.0. The molecule has 0 bridgehead atoms. The molecule has 1 aliphatic heterocycles. The lowest BCUT2D eigenvalue weighted by molar-refractivity contribution is -0.149. The number of aliphatic hydroxyl groups excluding tert-OH is 1. The van der Waals surface area contributed by atoms with E-state index in [0.717, 1.165) is 45.2 Å². The Balaban J connectivity index is 2.09. The number of carbonyl (C=O) groups excluding carboxylic acids is 1. The number of nitrogens with zero attached hydrogens (tertiary/aromatic N) is 1. The van der Waals surface area contributed by atoms with Gasteiger partial charge in [0.1, 0.15) is 0 Å². The molecular weight excluding hydrogens is 228 g/mol. The third-order valence-corrected chi connectivity index (χ3v) is 4.81. The summed E-state index contributed by atoms with van der Waals surface area (Å²) in [4.78, 5) is 14.8. The molecule has 1 aliphatic carbocycles. The van der Waals surface area contributed by atoms with Gasteiger partial charge in [-0.1, -0.05) is 6.92 Å². The number of carbonyl (C=O) groups is 1. The number of hydrogen-bond donors (Lipinski definition) is 2. The Labute approximate surface area is 110 Å². The van der Waals surface area contributed by atoms with Gasteiger partial charge in [0.15, 0.2) is 0 Å². The lowest BCUT2D eigenvalue weighted by Crippen LogP contribution is -2.54. The van der Waals surface area contributed by atoms with E-state index < -0.39 is 0 Å². The Bertz CT molecular complexity index is 284. The van der Waals surface area contributed by atoms with Gasteiger partial charge in [0.2, 0.25) is 5.91 Å². The molecule has 0 spiro atoms. The monoisotopic (exact) mass is 254 g/mol. The molecule has 0 aromatic carbocycles. The number of rotatable bonds is 5. The molecule has 104 valence electrons. The fourth-order valence-electron chi connectivity index (χ4n) is 3.18. The lowest BCUT2D eigenvalue weighted by Gasteiger charge is -2.45. The van der Waals surface area contributed by atoms with Gasteiger partial charge in [-0.15, -0.1) is 0 Å². The van der Waals surface area contributed by atoms with E-state index in [0.29, 0.717) is 18.5 Å². The molecule has 2 N–H and O–H groups in total. The van der Waals surface area contributed by atoms with E-state index >= 15 is 0 Å². The molecule has 4 nitrogen and oxygen atoms in total. The van der Waals surface area contributed by atoms with E-state index in [1.165, 1.54) is 6.42 Å². The van der Waals surface area contributed by atoms with Gasteiger partial charge in [0, 0.05) is 12.6 Å². The Morgan fingerprint density at radius 1 is 1.39 bits per heavy atom. The summed E-state index contributed by atoms with van der Waals surface area (Å²) in [6.45, 7) is 4.61. The van der Waals surface area contributed by atoms with Crippen LogP contribution in [0.4, 0.5) is 0 Å². The Kier molecular flexibility index (Phi) is 4.62. The summed E-state index contributed by atoms with van der Waals surface area (Å²) in [5.74, 6) is 0.297. The number of aliphatic hydroxyl groups is 1. The molecule has 0 atom stereocenters. The fourth-order valence-corrected chi connectivity index (χ4v) is 3.18. The van der Waals surface area contributed by atoms with Gasteiger partial charge in [-0.05, 0) is 51.6 Å². The van der Waals surface area contributed by atoms with Crippen LogP contribution in [0.25, 0.3) is 0 Å². The summed E-state index contributed by atoms with van der Waals surface area (Å²) in [6, 6.07) is 0.392. The first-order valence-corrected chi connectivity index (χ1v) is 7.36. The van der Waals surface area contributed by atoms with Crippen molar-refractivity contribution in [1.82, 2.24) is 10.2 Å². The van der Waals surface area contributed by atoms with Crippen LogP contribution in [0.3, 0.4) is 0 Å². The first-order valence-electron chi connectivity index (χ1n) is 7.36. The number of hydrogen-bond acceptors (Lipinski definition) is 3. The molecule has 18 heavy (non-hydrogen) atoms. The van der Waals surface area contributed by atoms with E-state index in [9.17, 15) is 9.90 Å². The van der Waals surface area contributed by atoms with Crippen molar-refractivity contribution in [2.45, 2.75) is 51.5 Å². The zero-order valence-corrected chi connectivity index (χ0v) is 11.5. The maximum absolute atomic E-state index is 12.9. The van der Waals surface area contributed by atoms with E-state index in [1.54, 1.807) is 0 Å². The van der Waals surface area contributed by atoms with Crippen LogP contribution in [0.2, 0.25) is 0 Å². The largest absolute Gasteiger partial charge is 0.395 e. The van der Waals surface area contributed by atoms with Crippen LogP contribution < -0.4 is 5.32 Å². The number of piperidine rings is 1. The summed E-state index contributed by atoms with van der Waals surface area (Å²) in [5, 5.41) is 12.5. The SMILES string of the molecule is CCC1(C(=O)N(CCO)C2CCC2)CCNCC1. The molecule has 1 saturated heterocycles. The normalized spacial score (nSPS) is 23.4. The van der Waals surface area contributed by atoms with Gasteiger partial charge in [-0.2, -0.15) is 0 Å². The van der Waals surface area contributed by atoms with E-state index in [1.807, 2.05) is 4.90 Å². The first kappa shape index (κ1) is 13.8. The predicted octanol–water partition coefficient (Wildman–Crippen LogP) is 1.14. The van der Waals surface area contributed by atoms with Gasteiger partial charge >= 0.3 is 0 Å². The number of nitrogens with one attached hydrogen (secondary N) is 1. The van der Waals surface area contributed by atoms with Crippen molar-refractivity contribution in [3.63, 3.8) is 0 Å². The molecule has 1 heterocycles. The molecule has 0 aromatic rings. The van der Waals surface area contributed by atoms with Crippen molar-refractivity contribution in [2.24, 2.45) is 5.41 Å². The molecule has 0 unspecified atom stereocenters. The third-order valence-electron chi connectivity index (χ3n) is 4.81. The van der Waals surface area contributed by atoms with Crippen molar-refractivity contribution in [2.75, 3.05) is 26.2 Å². The second-order valence-electron chi connectivity index (χ2n) is 5.69. The molecule has 0 aromatic heterocycles. The highest BCUT2D eigenvalue weighted by atomic mass is 16.3. The lowest BCUT2D eigenvalue weighted by atomic mass is 9.74. The molecule has 0 radical (unpaired) electrons. The number of amides is 1. The van der Waals surface area contributed by atoms with Crippen molar-refractivity contribution in [3.05, 3.63) is 0 Å². The van der Waals surface area contributed by atoms with Crippen molar-refractivity contribution >= 4 is 5.91 Å². The molecule has 4 heteroatoms. The minimum Gasteiger partial charge on any atom is -0.395 e. The van der Waals surface area contributed by atoms with Gasteiger partial charge in [0.05, 0.1) is 12.0 Å². The van der Waals surface area contributed by atoms with Crippen LogP contribution in [0.5, 0.6) is 0 Å². The smallest absolute Gasteiger partial charge is 0.229 e. The minimum atomic E-state index is -0.171. The molecule has 2 aliphatic rings. The Hall–Kier alpha value is -0.610. The highest BCUT2D eigenvalue weighted by Gasteiger charge is 2.42. The summed E-state index contributed by atoms with van der Waals surface area (Å²) in [7, 11) is 0. The van der Waals surface area contributed by atoms with Crippen molar-refractivity contribution in [3.8, 4) is 0 Å². The van der Waals surface area contributed by atoms with Crippen LogP contribution in [0.15, 0.2) is 0 Å². The van der Waals surface area contributed by atoms with E-state index in [4.69, 9.17) is 0 Å². The summed E-state index contributed by atoms with van der Waals surface area (Å²) in [5.41, 5.74) is -0.171. The highest BCUT2D eigenvalue weighted by Crippen LogP contribution is 2.37. The Morgan fingerprint density at radius 2 is 2.06 bits per heavy atom. The van der Waals surface area contributed by atoms with E-state index in [2.05, 4.69) is 12.2 Å². The van der Waals surface area contributed by atoms with Crippen LogP contribution in [-0.2, 0) is 4.79 Å². The molecule has 2 rings (SSSR count). The predicted molar refractivity (Wildman–Crippen MR) is 71.3 cm³/mol. The van der Waals surface area contributed by atoms with Crippen LogP contribution in [0.1, 0.15) is 45.4 Å². The maximum Gasteiger partial charge on any atom is 0.229 e.